The number of hydrogen-bond donors (Lipinski definition) is 0. The van der Waals surface area contributed by atoms with Gasteiger partial charge in [0, 0.05) is 6.61 Å². The fourth-order valence-electron chi connectivity index (χ4n) is 0.765. The smallest absolute Gasteiger partial charge is 0.342 e. The molecule has 0 radical (unpaired) electrons. The first-order valence-electron chi connectivity index (χ1n) is 4.69. The number of carbonyl (C=O) groups is 1. The zero-order chi connectivity index (χ0) is 10.8. The van der Waals surface area contributed by atoms with Gasteiger partial charge in [0.1, 0.15) is 0 Å². The van der Waals surface area contributed by atoms with Crippen molar-refractivity contribution < 1.29 is 14.0 Å². The summed E-state index contributed by atoms with van der Waals surface area (Å²) in [6, 6.07) is 1.04. The van der Waals surface area contributed by atoms with Crippen LogP contribution in [0.2, 0.25) is 6.04 Å². The van der Waals surface area contributed by atoms with Crippen LogP contribution in [0.1, 0.15) is 20.3 Å². The molecule has 0 saturated heterocycles. The molecule has 0 N–H and O–H groups in total. The largest absolute Gasteiger partial charge is 0.462 e. The average Bonchev–Trinajstić information content (AvgIpc) is 2.21. The molecule has 0 heterocycles. The van der Waals surface area contributed by atoms with Crippen LogP contribution >= 0.6 is 12.2 Å². The lowest BCUT2D eigenvalue weighted by molar-refractivity contribution is -0.138. The summed E-state index contributed by atoms with van der Waals surface area (Å²) in [4.78, 5) is 11.1. The van der Waals surface area contributed by atoms with E-state index in [1.807, 2.05) is 6.92 Å². The van der Waals surface area contributed by atoms with E-state index in [0.29, 0.717) is 12.2 Å². The Morgan fingerprint density at radius 1 is 1.57 bits per heavy atom. The van der Waals surface area contributed by atoms with Crippen LogP contribution in [0.4, 0.5) is 0 Å². The first-order valence-corrected chi connectivity index (χ1v) is 6.67. The molecule has 80 valence electrons. The molecule has 0 aromatic carbocycles. The standard InChI is InChI=1S/C9H16O3SSi/c1-3-12-14-6-4-5-11-9(10)8(2)7-13/h3-6,14H2,1-2H3. The maximum Gasteiger partial charge on any atom is 0.342 e. The van der Waals surface area contributed by atoms with Crippen molar-refractivity contribution in [2.75, 3.05) is 13.2 Å². The van der Waals surface area contributed by atoms with Crippen LogP contribution in [0.25, 0.3) is 0 Å². The normalized spacial score (nSPS) is 10.1. The topological polar surface area (TPSA) is 35.5 Å². The summed E-state index contributed by atoms with van der Waals surface area (Å²) in [5.74, 6) is -0.363. The van der Waals surface area contributed by atoms with E-state index in [1.54, 1.807) is 6.92 Å². The lowest BCUT2D eigenvalue weighted by atomic mass is 10.4. The molecule has 5 heteroatoms. The molecule has 0 bridgehead atoms. The highest BCUT2D eigenvalue weighted by atomic mass is 32.1. The number of esters is 1. The highest BCUT2D eigenvalue weighted by molar-refractivity contribution is 7.78. The number of carbonyl (C=O) groups excluding carboxylic acids is 1. The van der Waals surface area contributed by atoms with Gasteiger partial charge >= 0.3 is 5.97 Å². The van der Waals surface area contributed by atoms with Crippen molar-refractivity contribution in [3.8, 4) is 0 Å². The van der Waals surface area contributed by atoms with Crippen molar-refractivity contribution in [2.45, 2.75) is 26.3 Å². The highest BCUT2D eigenvalue weighted by Crippen LogP contribution is 1.95. The van der Waals surface area contributed by atoms with Crippen LogP contribution in [0.5, 0.6) is 0 Å². The van der Waals surface area contributed by atoms with Crippen LogP contribution in [0.15, 0.2) is 5.57 Å². The number of hydrogen-bond acceptors (Lipinski definition) is 4. The molecule has 0 aliphatic carbocycles. The third kappa shape index (κ3) is 6.97. The third-order valence-electron chi connectivity index (χ3n) is 1.58. The van der Waals surface area contributed by atoms with Gasteiger partial charge in [-0.15, -0.1) is 0 Å². The Morgan fingerprint density at radius 2 is 2.29 bits per heavy atom. The van der Waals surface area contributed by atoms with Gasteiger partial charge in [0.15, 0.2) is 9.76 Å². The zero-order valence-corrected chi connectivity index (χ0v) is 10.9. The van der Waals surface area contributed by atoms with E-state index >= 15 is 0 Å². The van der Waals surface area contributed by atoms with Gasteiger partial charge in [0.05, 0.1) is 12.2 Å². The van der Waals surface area contributed by atoms with Crippen LogP contribution in [-0.2, 0) is 14.0 Å². The Labute approximate surface area is 92.4 Å². The molecule has 14 heavy (non-hydrogen) atoms. The summed E-state index contributed by atoms with van der Waals surface area (Å²) >= 11 is 4.49. The van der Waals surface area contributed by atoms with Crippen LogP contribution < -0.4 is 0 Å². The summed E-state index contributed by atoms with van der Waals surface area (Å²) in [6.07, 6.45) is 0.878. The van der Waals surface area contributed by atoms with Gasteiger partial charge < -0.3 is 9.16 Å². The molecule has 0 aromatic heterocycles. The summed E-state index contributed by atoms with van der Waals surface area (Å²) in [5, 5.41) is 2.34. The Balaban J connectivity index is 3.37. The van der Waals surface area contributed by atoms with Gasteiger partial charge in [-0.2, -0.15) is 0 Å². The molecule has 0 amide bonds. The third-order valence-corrected chi connectivity index (χ3v) is 3.37. The molecule has 0 aliphatic heterocycles. The lowest BCUT2D eigenvalue weighted by Crippen LogP contribution is -2.08. The maximum atomic E-state index is 11.1. The predicted molar refractivity (Wildman–Crippen MR) is 62.3 cm³/mol. The molecule has 0 unspecified atom stereocenters. The second-order valence-corrected chi connectivity index (χ2v) is 4.49. The predicted octanol–water partition coefficient (Wildman–Crippen LogP) is 1.00. The zero-order valence-electron chi connectivity index (χ0n) is 8.67. The van der Waals surface area contributed by atoms with Crippen LogP contribution in [0, 0.1) is 0 Å². The molecule has 0 fully saturated rings. The van der Waals surface area contributed by atoms with Gasteiger partial charge in [-0.25, -0.2) is 4.79 Å². The van der Waals surface area contributed by atoms with Crippen LogP contribution in [-0.4, -0.2) is 34.0 Å². The van der Waals surface area contributed by atoms with Gasteiger partial charge in [0.2, 0.25) is 0 Å². The Kier molecular flexibility index (Phi) is 8.77. The van der Waals surface area contributed by atoms with E-state index in [2.05, 4.69) is 17.2 Å². The van der Waals surface area contributed by atoms with Crippen molar-refractivity contribution >= 4 is 33.0 Å². The minimum atomic E-state index is -0.392. The van der Waals surface area contributed by atoms with Gasteiger partial charge in [-0.05, 0) is 43.6 Å². The Bertz CT molecular complexity index is 224. The number of thiocarbonyl (C=S) groups is 1. The van der Waals surface area contributed by atoms with E-state index in [4.69, 9.17) is 9.16 Å². The Morgan fingerprint density at radius 3 is 2.86 bits per heavy atom. The van der Waals surface area contributed by atoms with Crippen molar-refractivity contribution in [2.24, 2.45) is 0 Å². The monoisotopic (exact) mass is 232 g/mol. The minimum absolute atomic E-state index is 0.363. The second kappa shape index (κ2) is 9.09. The van der Waals surface area contributed by atoms with Crippen molar-refractivity contribution in [3.63, 3.8) is 0 Å². The minimum Gasteiger partial charge on any atom is -0.462 e. The van der Waals surface area contributed by atoms with Crippen molar-refractivity contribution in [1.82, 2.24) is 0 Å². The fourth-order valence-corrected chi connectivity index (χ4v) is 1.75. The summed E-state index contributed by atoms with van der Waals surface area (Å²) in [5.41, 5.74) is 0.363. The molecule has 0 aliphatic rings. The van der Waals surface area contributed by atoms with E-state index in [1.165, 1.54) is 0 Å². The first kappa shape index (κ1) is 13.5. The molecular weight excluding hydrogens is 216 g/mol. The second-order valence-electron chi connectivity index (χ2n) is 2.77. The first-order chi connectivity index (χ1) is 6.72. The van der Waals surface area contributed by atoms with E-state index in [-0.39, 0.29) is 5.97 Å². The van der Waals surface area contributed by atoms with Crippen LogP contribution in [0.3, 0.4) is 0 Å². The Hall–Kier alpha value is -0.483. The average molecular weight is 232 g/mol. The van der Waals surface area contributed by atoms with E-state index in [9.17, 15) is 4.79 Å². The number of ether oxygens (including phenoxy) is 1. The fraction of sp³-hybridized carbons (Fsp3) is 0.667. The molecular formula is C9H16O3SSi. The molecule has 0 atom stereocenters. The molecule has 0 saturated carbocycles. The number of rotatable bonds is 7. The quantitative estimate of drug-likeness (QED) is 0.216. The van der Waals surface area contributed by atoms with Crippen molar-refractivity contribution in [1.29, 1.82) is 0 Å². The van der Waals surface area contributed by atoms with Crippen molar-refractivity contribution in [3.05, 3.63) is 5.57 Å². The van der Waals surface area contributed by atoms with E-state index < -0.39 is 9.76 Å². The van der Waals surface area contributed by atoms with Gasteiger partial charge in [-0.3, -0.25) is 0 Å². The SMILES string of the molecule is CCO[SiH2]CCCOC(=O)C(C)=C=S. The molecule has 0 aromatic rings. The molecule has 0 spiro atoms. The molecule has 3 nitrogen and oxygen atoms in total. The van der Waals surface area contributed by atoms with Gasteiger partial charge in [-0.1, -0.05) is 0 Å². The summed E-state index contributed by atoms with van der Waals surface area (Å²) in [7, 11) is -0.392. The summed E-state index contributed by atoms with van der Waals surface area (Å²) < 4.78 is 10.2. The summed E-state index contributed by atoms with van der Waals surface area (Å²) in [6.45, 7) is 4.83. The molecule has 0 rings (SSSR count). The van der Waals surface area contributed by atoms with E-state index in [0.717, 1.165) is 19.1 Å². The maximum absolute atomic E-state index is 11.1. The highest BCUT2D eigenvalue weighted by Gasteiger charge is 2.03. The van der Waals surface area contributed by atoms with Gasteiger partial charge in [0.25, 0.3) is 0 Å². The lowest BCUT2D eigenvalue weighted by Gasteiger charge is -2.03.